The van der Waals surface area contributed by atoms with Gasteiger partial charge in [0.2, 0.25) is 11.8 Å². The van der Waals surface area contributed by atoms with Crippen LogP contribution in [0.4, 0.5) is 10.2 Å². The maximum Gasteiger partial charge on any atom is 0.269 e. The molecule has 0 spiro atoms. The Kier molecular flexibility index (Phi) is 5.47. The molecule has 4 heterocycles. The third kappa shape index (κ3) is 3.96. The van der Waals surface area contributed by atoms with Gasteiger partial charge in [-0.25, -0.2) is 14.1 Å². The molecule has 1 aliphatic carbocycles. The summed E-state index contributed by atoms with van der Waals surface area (Å²) in [6.45, 7) is 2.36. The predicted octanol–water partition coefficient (Wildman–Crippen LogP) is 5.42. The molecule has 1 fully saturated rings. The lowest BCUT2D eigenvalue weighted by molar-refractivity contribution is 0.0862. The zero-order valence-corrected chi connectivity index (χ0v) is 21.7. The van der Waals surface area contributed by atoms with Crippen molar-refractivity contribution in [3.63, 3.8) is 0 Å². The molecule has 4 aromatic rings. The van der Waals surface area contributed by atoms with Crippen LogP contribution in [0.2, 0.25) is 0 Å². The molecule has 2 aliphatic heterocycles. The van der Waals surface area contributed by atoms with Gasteiger partial charge in [-0.1, -0.05) is 30.3 Å². The van der Waals surface area contributed by atoms with E-state index in [0.29, 0.717) is 35.5 Å². The van der Waals surface area contributed by atoms with Crippen LogP contribution in [-0.4, -0.2) is 50.7 Å². The number of guanidine groups is 1. The van der Waals surface area contributed by atoms with Crippen LogP contribution < -0.4 is 9.64 Å². The molecule has 0 bridgehead atoms. The summed E-state index contributed by atoms with van der Waals surface area (Å²) in [5.41, 5.74) is 4.29. The van der Waals surface area contributed by atoms with Crippen molar-refractivity contribution < 1.29 is 13.9 Å². The van der Waals surface area contributed by atoms with Crippen molar-refractivity contribution in [2.45, 2.75) is 44.8 Å². The van der Waals surface area contributed by atoms with Gasteiger partial charge in [-0.2, -0.15) is 5.10 Å². The van der Waals surface area contributed by atoms with Gasteiger partial charge in [0, 0.05) is 18.3 Å². The third-order valence-corrected chi connectivity index (χ3v) is 7.70. The molecular weight excluding hydrogens is 495 g/mol. The van der Waals surface area contributed by atoms with Gasteiger partial charge in [-0.15, -0.1) is 0 Å². The highest BCUT2D eigenvalue weighted by atomic mass is 19.1. The van der Waals surface area contributed by atoms with Gasteiger partial charge >= 0.3 is 0 Å². The molecule has 1 amide bonds. The molecule has 8 nitrogen and oxygen atoms in total. The van der Waals surface area contributed by atoms with Crippen LogP contribution in [0.5, 0.6) is 11.6 Å². The number of fused-ring (bicyclic) bond motifs is 5. The SMILES string of the molecule is Cc1cccc(-c2ccc(Cn3nc4c(c3Oc3ccc(F)cc3)C(=O)N(C)C3=N[C@@H]5CCC[C@@H]5N34)cc2)n1. The first-order chi connectivity index (χ1) is 19.0. The highest BCUT2D eigenvalue weighted by molar-refractivity contribution is 6.20. The molecule has 196 valence electrons. The van der Waals surface area contributed by atoms with E-state index in [4.69, 9.17) is 14.8 Å². The van der Waals surface area contributed by atoms with E-state index in [1.54, 1.807) is 28.8 Å². The molecular formula is C30H27FN6O2. The third-order valence-electron chi connectivity index (χ3n) is 7.70. The number of anilines is 1. The molecule has 3 aliphatic rings. The smallest absolute Gasteiger partial charge is 0.269 e. The number of carbonyl (C=O) groups excluding carboxylic acids is 1. The number of benzene rings is 2. The van der Waals surface area contributed by atoms with Crippen LogP contribution in [0, 0.1) is 12.7 Å². The Hall–Kier alpha value is -4.53. The Bertz CT molecular complexity index is 1610. The second kappa shape index (κ2) is 9.04. The summed E-state index contributed by atoms with van der Waals surface area (Å²) < 4.78 is 21.6. The molecule has 1 saturated carbocycles. The van der Waals surface area contributed by atoms with E-state index < -0.39 is 0 Å². The van der Waals surface area contributed by atoms with Gasteiger partial charge in [0.25, 0.3) is 5.91 Å². The molecule has 2 aromatic carbocycles. The van der Waals surface area contributed by atoms with Crippen molar-refractivity contribution in [1.29, 1.82) is 0 Å². The fourth-order valence-corrected chi connectivity index (χ4v) is 5.76. The van der Waals surface area contributed by atoms with Gasteiger partial charge < -0.3 is 4.74 Å². The van der Waals surface area contributed by atoms with Crippen molar-refractivity contribution in [3.8, 4) is 22.9 Å². The van der Waals surface area contributed by atoms with Gasteiger partial charge in [0.15, 0.2) is 5.82 Å². The van der Waals surface area contributed by atoms with Crippen molar-refractivity contribution in [2.24, 2.45) is 4.99 Å². The first kappa shape index (κ1) is 23.6. The molecule has 0 saturated heterocycles. The summed E-state index contributed by atoms with van der Waals surface area (Å²) in [4.78, 5) is 26.8. The lowest BCUT2D eigenvalue weighted by atomic mass is 10.1. The topological polar surface area (TPSA) is 75.9 Å². The molecule has 0 unspecified atom stereocenters. The molecule has 0 radical (unpaired) electrons. The van der Waals surface area contributed by atoms with Gasteiger partial charge in [-0.3, -0.25) is 19.6 Å². The second-order valence-electron chi connectivity index (χ2n) is 10.3. The number of amides is 1. The van der Waals surface area contributed by atoms with E-state index in [9.17, 15) is 9.18 Å². The van der Waals surface area contributed by atoms with Gasteiger partial charge in [0.05, 0.1) is 24.3 Å². The molecule has 39 heavy (non-hydrogen) atoms. The molecule has 2 atom stereocenters. The summed E-state index contributed by atoms with van der Waals surface area (Å²) in [5.74, 6) is 1.40. The predicted molar refractivity (Wildman–Crippen MR) is 146 cm³/mol. The monoisotopic (exact) mass is 522 g/mol. The minimum atomic E-state index is -0.359. The quantitative estimate of drug-likeness (QED) is 0.350. The summed E-state index contributed by atoms with van der Waals surface area (Å²) in [6.07, 6.45) is 3.09. The normalized spacial score (nSPS) is 19.6. The van der Waals surface area contributed by atoms with Crippen LogP contribution in [-0.2, 0) is 6.54 Å². The average Bonchev–Trinajstić information content (AvgIpc) is 3.63. The number of carbonyl (C=O) groups is 1. The highest BCUT2D eigenvalue weighted by Crippen LogP contribution is 2.44. The molecule has 9 heteroatoms. The number of nitrogens with zero attached hydrogens (tertiary/aromatic N) is 6. The fourth-order valence-electron chi connectivity index (χ4n) is 5.76. The van der Waals surface area contributed by atoms with E-state index >= 15 is 0 Å². The number of halogens is 1. The number of hydrogen-bond donors (Lipinski definition) is 0. The Morgan fingerprint density at radius 2 is 1.82 bits per heavy atom. The van der Waals surface area contributed by atoms with Crippen molar-refractivity contribution in [2.75, 3.05) is 11.9 Å². The first-order valence-electron chi connectivity index (χ1n) is 13.2. The van der Waals surface area contributed by atoms with Crippen LogP contribution >= 0.6 is 0 Å². The van der Waals surface area contributed by atoms with Gasteiger partial charge in [-0.05, 0) is 68.1 Å². The summed E-state index contributed by atoms with van der Waals surface area (Å²) in [7, 11) is 1.75. The molecule has 2 aromatic heterocycles. The standard InChI is InChI=1S/C30H27FN6O2/c1-18-5-3-6-23(32-18)20-11-9-19(10-12-20)17-36-29(39-22-15-13-21(31)14-16-22)26-27(34-36)37-25-8-4-7-24(25)33-30(37)35(2)28(26)38/h3,5-6,9-16,24-25H,4,7-8,17H2,1-2H3/t24-,25+/m1/s1. The zero-order valence-electron chi connectivity index (χ0n) is 21.7. The van der Waals surface area contributed by atoms with Crippen LogP contribution in [0.1, 0.15) is 40.9 Å². The van der Waals surface area contributed by atoms with Crippen LogP contribution in [0.3, 0.4) is 0 Å². The Balaban J connectivity index is 1.29. The largest absolute Gasteiger partial charge is 0.438 e. The number of pyridine rings is 1. The lowest BCUT2D eigenvalue weighted by Gasteiger charge is -2.33. The Morgan fingerprint density at radius 1 is 1.03 bits per heavy atom. The number of aryl methyl sites for hydroxylation is 1. The van der Waals surface area contributed by atoms with E-state index in [2.05, 4.69) is 9.88 Å². The molecule has 7 rings (SSSR count). The zero-order chi connectivity index (χ0) is 26.7. The van der Waals surface area contributed by atoms with Crippen LogP contribution in [0.15, 0.2) is 71.7 Å². The van der Waals surface area contributed by atoms with E-state index in [0.717, 1.165) is 41.8 Å². The van der Waals surface area contributed by atoms with Crippen molar-refractivity contribution >= 4 is 17.7 Å². The summed E-state index contributed by atoms with van der Waals surface area (Å²) >= 11 is 0. The second-order valence-corrected chi connectivity index (χ2v) is 10.3. The van der Waals surface area contributed by atoms with Crippen molar-refractivity contribution in [3.05, 3.63) is 89.4 Å². The maximum absolute atomic E-state index is 13.7. The average molecular weight is 523 g/mol. The number of aromatic nitrogens is 3. The minimum absolute atomic E-state index is 0.163. The lowest BCUT2D eigenvalue weighted by Crippen LogP contribution is -2.51. The summed E-state index contributed by atoms with van der Waals surface area (Å²) in [6, 6.07) is 20.2. The van der Waals surface area contributed by atoms with E-state index in [1.165, 1.54) is 12.1 Å². The fraction of sp³-hybridized carbons (Fsp3) is 0.267. The Morgan fingerprint density at radius 3 is 2.59 bits per heavy atom. The van der Waals surface area contributed by atoms with E-state index in [-0.39, 0.29) is 23.8 Å². The maximum atomic E-state index is 13.7. The minimum Gasteiger partial charge on any atom is -0.438 e. The Labute approximate surface area is 225 Å². The molecule has 0 N–H and O–H groups in total. The van der Waals surface area contributed by atoms with Crippen molar-refractivity contribution in [1.82, 2.24) is 19.7 Å². The highest BCUT2D eigenvalue weighted by Gasteiger charge is 2.49. The van der Waals surface area contributed by atoms with Gasteiger partial charge in [0.1, 0.15) is 17.1 Å². The number of ether oxygens (including phenoxy) is 1. The van der Waals surface area contributed by atoms with Crippen LogP contribution in [0.25, 0.3) is 11.3 Å². The number of rotatable bonds is 5. The first-order valence-corrected chi connectivity index (χ1v) is 13.2. The van der Waals surface area contributed by atoms with E-state index in [1.807, 2.05) is 49.4 Å². The summed E-state index contributed by atoms with van der Waals surface area (Å²) in [5, 5.41) is 4.94. The number of aliphatic imine (C=N–C) groups is 1. The number of hydrogen-bond acceptors (Lipinski definition) is 6.